The Labute approximate surface area is 130 Å². The smallest absolute Gasteiger partial charge is 0.146 e. The maximum atomic E-state index is 5.96. The van der Waals surface area contributed by atoms with Crippen LogP contribution in [0, 0.1) is 0 Å². The Bertz CT molecular complexity index is 619. The Morgan fingerprint density at radius 1 is 1.24 bits per heavy atom. The number of aromatic nitrogens is 2. The molecule has 6 heteroatoms. The summed E-state index contributed by atoms with van der Waals surface area (Å²) in [6.45, 7) is 4.11. The number of methoxy groups -OCH3 is 1. The molecule has 0 bridgehead atoms. The van der Waals surface area contributed by atoms with Crippen molar-refractivity contribution in [2.75, 3.05) is 51.2 Å². The average Bonchev–Trinajstić information content (AvgIpc) is 2.86. The molecule has 2 aromatic rings. The maximum absolute atomic E-state index is 5.96. The van der Waals surface area contributed by atoms with E-state index in [0.29, 0.717) is 5.88 Å². The number of piperazine rings is 1. The molecule has 0 radical (unpaired) electrons. The van der Waals surface area contributed by atoms with Crippen LogP contribution in [0.25, 0.3) is 11.0 Å². The molecule has 0 aliphatic carbocycles. The van der Waals surface area contributed by atoms with Crippen LogP contribution in [0.15, 0.2) is 18.2 Å². The van der Waals surface area contributed by atoms with Crippen molar-refractivity contribution in [2.45, 2.75) is 6.42 Å². The number of benzene rings is 1. The Morgan fingerprint density at radius 3 is 2.67 bits per heavy atom. The molecular formula is C15H21ClN4O. The summed E-state index contributed by atoms with van der Waals surface area (Å²) in [6, 6.07) is 6.06. The van der Waals surface area contributed by atoms with Crippen LogP contribution in [0.5, 0.6) is 5.75 Å². The molecule has 0 amide bonds. The lowest BCUT2D eigenvalue weighted by atomic mass is 10.3. The van der Waals surface area contributed by atoms with E-state index in [1.165, 1.54) is 0 Å². The summed E-state index contributed by atoms with van der Waals surface area (Å²) in [7, 11) is 3.84. The van der Waals surface area contributed by atoms with Crippen molar-refractivity contribution in [1.82, 2.24) is 14.6 Å². The van der Waals surface area contributed by atoms with Crippen molar-refractivity contribution in [1.29, 1.82) is 0 Å². The molecule has 1 aromatic carbocycles. The second-order valence-corrected chi connectivity index (χ2v) is 5.74. The summed E-state index contributed by atoms with van der Waals surface area (Å²) in [4.78, 5) is 7.11. The molecule has 0 spiro atoms. The Balaban J connectivity index is 2.08. The van der Waals surface area contributed by atoms with Crippen LogP contribution in [0.2, 0.25) is 0 Å². The number of halogens is 1. The largest absolute Gasteiger partial charge is 0.494 e. The molecule has 0 atom stereocenters. The van der Waals surface area contributed by atoms with Crippen molar-refractivity contribution in [2.24, 2.45) is 0 Å². The SMILES string of the molecule is COc1cccc2c1nc(CCCl)n2N1CCN(C)CC1. The Hall–Kier alpha value is -1.46. The first-order valence-electron chi connectivity index (χ1n) is 7.28. The van der Waals surface area contributed by atoms with E-state index in [-0.39, 0.29) is 0 Å². The van der Waals surface area contributed by atoms with Gasteiger partial charge in [0.25, 0.3) is 0 Å². The topological polar surface area (TPSA) is 33.5 Å². The lowest BCUT2D eigenvalue weighted by Gasteiger charge is -2.35. The number of hydrogen-bond donors (Lipinski definition) is 0. The third-order valence-electron chi connectivity index (χ3n) is 3.99. The number of para-hydroxylation sites is 1. The maximum Gasteiger partial charge on any atom is 0.146 e. The van der Waals surface area contributed by atoms with Crippen molar-refractivity contribution in [3.8, 4) is 5.75 Å². The van der Waals surface area contributed by atoms with Gasteiger partial charge in [0.15, 0.2) is 0 Å². The van der Waals surface area contributed by atoms with Crippen molar-refractivity contribution < 1.29 is 4.74 Å². The molecular weight excluding hydrogens is 288 g/mol. The number of rotatable bonds is 4. The predicted molar refractivity (Wildman–Crippen MR) is 86.2 cm³/mol. The molecule has 1 aliphatic rings. The van der Waals surface area contributed by atoms with Crippen LogP contribution in [0.3, 0.4) is 0 Å². The number of fused-ring (bicyclic) bond motifs is 1. The van der Waals surface area contributed by atoms with Crippen LogP contribution in [-0.2, 0) is 6.42 Å². The number of hydrogen-bond acceptors (Lipinski definition) is 4. The fourth-order valence-corrected chi connectivity index (χ4v) is 3.00. The summed E-state index contributed by atoms with van der Waals surface area (Å²) in [5.74, 6) is 2.39. The van der Waals surface area contributed by atoms with E-state index in [1.807, 2.05) is 12.1 Å². The minimum absolute atomic E-state index is 0.569. The molecule has 21 heavy (non-hydrogen) atoms. The van der Waals surface area contributed by atoms with Gasteiger partial charge in [-0.15, -0.1) is 11.6 Å². The third kappa shape index (κ3) is 2.68. The number of ether oxygens (including phenoxy) is 1. The fraction of sp³-hybridized carbons (Fsp3) is 0.533. The lowest BCUT2D eigenvalue weighted by molar-refractivity contribution is 0.287. The molecule has 1 saturated heterocycles. The molecule has 0 saturated carbocycles. The van der Waals surface area contributed by atoms with Crippen LogP contribution in [0.4, 0.5) is 0 Å². The molecule has 0 unspecified atom stereocenters. The van der Waals surface area contributed by atoms with Gasteiger partial charge in [-0.2, -0.15) is 0 Å². The number of nitrogens with zero attached hydrogens (tertiary/aromatic N) is 4. The molecule has 1 aliphatic heterocycles. The summed E-state index contributed by atoms with van der Waals surface area (Å²) in [6.07, 6.45) is 0.756. The molecule has 1 aromatic heterocycles. The van der Waals surface area contributed by atoms with E-state index in [1.54, 1.807) is 7.11 Å². The highest BCUT2D eigenvalue weighted by Gasteiger charge is 2.21. The van der Waals surface area contributed by atoms with Gasteiger partial charge >= 0.3 is 0 Å². The molecule has 1 fully saturated rings. The number of aryl methyl sites for hydroxylation is 1. The number of likely N-dealkylation sites (N-methyl/N-ethyl adjacent to an activating group) is 1. The first-order chi connectivity index (χ1) is 10.2. The first kappa shape index (κ1) is 14.5. The van der Waals surface area contributed by atoms with Crippen LogP contribution in [-0.4, -0.2) is 60.8 Å². The van der Waals surface area contributed by atoms with Gasteiger partial charge in [-0.25, -0.2) is 9.66 Å². The van der Waals surface area contributed by atoms with Gasteiger partial charge in [0.05, 0.1) is 12.6 Å². The minimum Gasteiger partial charge on any atom is -0.494 e. The van der Waals surface area contributed by atoms with Gasteiger partial charge in [0, 0.05) is 38.5 Å². The van der Waals surface area contributed by atoms with Crippen molar-refractivity contribution in [3.63, 3.8) is 0 Å². The summed E-state index contributed by atoms with van der Waals surface area (Å²) < 4.78 is 7.67. The molecule has 114 valence electrons. The first-order valence-corrected chi connectivity index (χ1v) is 7.82. The van der Waals surface area contributed by atoms with Gasteiger partial charge in [-0.1, -0.05) is 6.07 Å². The lowest BCUT2D eigenvalue weighted by Crippen LogP contribution is -2.50. The predicted octanol–water partition coefficient (Wildman–Crippen LogP) is 1.71. The van der Waals surface area contributed by atoms with E-state index in [9.17, 15) is 0 Å². The van der Waals surface area contributed by atoms with E-state index in [4.69, 9.17) is 21.3 Å². The highest BCUT2D eigenvalue weighted by Crippen LogP contribution is 2.26. The highest BCUT2D eigenvalue weighted by molar-refractivity contribution is 6.17. The van der Waals surface area contributed by atoms with Gasteiger partial charge in [-0.05, 0) is 19.2 Å². The Kier molecular flexibility index (Phi) is 4.22. The minimum atomic E-state index is 0.569. The monoisotopic (exact) mass is 308 g/mol. The van der Waals surface area contributed by atoms with Crippen LogP contribution >= 0.6 is 11.6 Å². The third-order valence-corrected chi connectivity index (χ3v) is 4.18. The quantitative estimate of drug-likeness (QED) is 0.805. The fourth-order valence-electron chi connectivity index (χ4n) is 2.83. The molecule has 3 rings (SSSR count). The summed E-state index contributed by atoms with van der Waals surface area (Å²) >= 11 is 5.96. The van der Waals surface area contributed by atoms with Gasteiger partial charge in [0.2, 0.25) is 0 Å². The summed E-state index contributed by atoms with van der Waals surface area (Å²) in [5.41, 5.74) is 2.01. The van der Waals surface area contributed by atoms with Crippen LogP contribution < -0.4 is 9.75 Å². The van der Waals surface area contributed by atoms with Gasteiger partial charge in [0.1, 0.15) is 17.1 Å². The number of alkyl halides is 1. The van der Waals surface area contributed by atoms with Crippen LogP contribution in [0.1, 0.15) is 5.82 Å². The summed E-state index contributed by atoms with van der Waals surface area (Å²) in [5, 5.41) is 2.36. The number of imidazole rings is 1. The average molecular weight is 309 g/mol. The molecule has 0 N–H and O–H groups in total. The van der Waals surface area contributed by atoms with Gasteiger partial charge < -0.3 is 14.6 Å². The van der Waals surface area contributed by atoms with E-state index in [0.717, 1.165) is 55.2 Å². The Morgan fingerprint density at radius 2 is 2.00 bits per heavy atom. The van der Waals surface area contributed by atoms with E-state index >= 15 is 0 Å². The van der Waals surface area contributed by atoms with Gasteiger partial charge in [-0.3, -0.25) is 0 Å². The zero-order valence-electron chi connectivity index (χ0n) is 12.5. The highest BCUT2D eigenvalue weighted by atomic mass is 35.5. The zero-order chi connectivity index (χ0) is 14.8. The molecule has 5 nitrogen and oxygen atoms in total. The van der Waals surface area contributed by atoms with Crippen molar-refractivity contribution >= 4 is 22.6 Å². The molecule has 2 heterocycles. The second-order valence-electron chi connectivity index (χ2n) is 5.36. The van der Waals surface area contributed by atoms with E-state index < -0.39 is 0 Å². The van der Waals surface area contributed by atoms with E-state index in [2.05, 4.69) is 27.7 Å². The second kappa shape index (κ2) is 6.12. The standard InChI is InChI=1S/C15H21ClN4O/c1-18-8-10-19(11-9-18)20-12-4-3-5-13(21-2)15(12)17-14(20)6-7-16/h3-5H,6-11H2,1-2H3. The normalized spacial score (nSPS) is 16.6. The van der Waals surface area contributed by atoms with Crippen molar-refractivity contribution in [3.05, 3.63) is 24.0 Å². The zero-order valence-corrected chi connectivity index (χ0v) is 13.3.